The van der Waals surface area contributed by atoms with E-state index < -0.39 is 5.91 Å². The number of furan rings is 1. The summed E-state index contributed by atoms with van der Waals surface area (Å²) in [7, 11) is 0. The monoisotopic (exact) mass is 537 g/mol. The topological polar surface area (TPSA) is 83.4 Å². The zero-order valence-electron chi connectivity index (χ0n) is 19.3. The third-order valence-corrected chi connectivity index (χ3v) is 6.15. The van der Waals surface area contributed by atoms with Crippen LogP contribution in [0.5, 0.6) is 0 Å². The lowest BCUT2D eigenvalue weighted by Crippen LogP contribution is -2.33. The lowest BCUT2D eigenvalue weighted by Gasteiger charge is -2.11. The highest BCUT2D eigenvalue weighted by Crippen LogP contribution is 2.25. The molecule has 0 aliphatic carbocycles. The summed E-state index contributed by atoms with van der Waals surface area (Å²) in [5.41, 5.74) is 4.56. The van der Waals surface area contributed by atoms with Crippen molar-refractivity contribution in [3.8, 4) is 11.3 Å². The summed E-state index contributed by atoms with van der Waals surface area (Å²) >= 11 is 17.3. The molecule has 0 bridgehead atoms. The summed E-state index contributed by atoms with van der Waals surface area (Å²) in [6.07, 6.45) is 0. The molecule has 0 aliphatic rings. The Morgan fingerprint density at radius 1 is 0.806 bits per heavy atom. The molecule has 36 heavy (non-hydrogen) atoms. The number of anilines is 2. The Kier molecular flexibility index (Phi) is 7.74. The molecular formula is C27H21Cl2N3O3S. The van der Waals surface area contributed by atoms with Gasteiger partial charge in [-0.2, -0.15) is 0 Å². The number of halogens is 2. The molecule has 9 heteroatoms. The first kappa shape index (κ1) is 25.4. The maximum absolute atomic E-state index is 12.6. The number of amides is 2. The Morgan fingerprint density at radius 3 is 2.28 bits per heavy atom. The molecular weight excluding hydrogens is 517 g/mol. The Labute approximate surface area is 223 Å². The van der Waals surface area contributed by atoms with Gasteiger partial charge in [-0.3, -0.25) is 14.9 Å². The minimum absolute atomic E-state index is 0.0772. The van der Waals surface area contributed by atoms with E-state index in [-0.39, 0.29) is 21.8 Å². The largest absolute Gasteiger partial charge is 0.451 e. The van der Waals surface area contributed by atoms with Crippen molar-refractivity contribution in [3.05, 3.63) is 105 Å². The SMILES string of the molecule is Cc1ccc(-c2ccc(C(=O)NC(=S)Nc3cccc(NC(=O)c4ccc(Cl)cc4Cl)c3)o2)cc1C. The van der Waals surface area contributed by atoms with E-state index in [2.05, 4.69) is 16.0 Å². The van der Waals surface area contributed by atoms with E-state index in [0.717, 1.165) is 11.1 Å². The number of aryl methyl sites for hydroxylation is 2. The van der Waals surface area contributed by atoms with Crippen molar-refractivity contribution in [2.45, 2.75) is 13.8 Å². The number of hydrogen-bond donors (Lipinski definition) is 3. The molecule has 3 aromatic carbocycles. The second-order valence-corrected chi connectivity index (χ2v) is 9.28. The molecule has 0 spiro atoms. The first-order valence-electron chi connectivity index (χ1n) is 10.9. The van der Waals surface area contributed by atoms with Crippen LogP contribution < -0.4 is 16.0 Å². The Bertz CT molecular complexity index is 1480. The van der Waals surface area contributed by atoms with Crippen molar-refractivity contribution in [2.75, 3.05) is 10.6 Å². The fourth-order valence-electron chi connectivity index (χ4n) is 3.38. The van der Waals surface area contributed by atoms with E-state index in [0.29, 0.717) is 27.7 Å². The van der Waals surface area contributed by atoms with E-state index in [1.165, 1.54) is 11.6 Å². The standard InChI is InChI=1S/C27H21Cl2N3O3S/c1-15-6-7-17(12-16(15)2)23-10-11-24(35-23)26(34)32-27(36)31-20-5-3-4-19(14-20)30-25(33)21-9-8-18(28)13-22(21)29/h3-14H,1-2H3,(H,30,33)(H2,31,32,34,36). The summed E-state index contributed by atoms with van der Waals surface area (Å²) in [6.45, 7) is 4.06. The van der Waals surface area contributed by atoms with E-state index >= 15 is 0 Å². The highest BCUT2D eigenvalue weighted by molar-refractivity contribution is 7.80. The van der Waals surface area contributed by atoms with Gasteiger partial charge in [0.2, 0.25) is 0 Å². The highest BCUT2D eigenvalue weighted by atomic mass is 35.5. The maximum atomic E-state index is 12.6. The lowest BCUT2D eigenvalue weighted by molar-refractivity contribution is 0.0950. The van der Waals surface area contributed by atoms with Crippen LogP contribution in [0.4, 0.5) is 11.4 Å². The molecule has 4 aromatic rings. The first-order valence-corrected chi connectivity index (χ1v) is 12.0. The first-order chi connectivity index (χ1) is 17.2. The normalized spacial score (nSPS) is 10.6. The van der Waals surface area contributed by atoms with Gasteiger partial charge in [0.1, 0.15) is 5.76 Å². The van der Waals surface area contributed by atoms with Gasteiger partial charge in [-0.25, -0.2) is 0 Å². The minimum atomic E-state index is -0.482. The van der Waals surface area contributed by atoms with Gasteiger partial charge in [-0.1, -0.05) is 41.4 Å². The van der Waals surface area contributed by atoms with Gasteiger partial charge in [0, 0.05) is 22.0 Å². The van der Waals surface area contributed by atoms with Crippen LogP contribution in [0.15, 0.2) is 77.2 Å². The third kappa shape index (κ3) is 6.12. The quantitative estimate of drug-likeness (QED) is 0.233. The van der Waals surface area contributed by atoms with Crippen LogP contribution in [-0.2, 0) is 0 Å². The van der Waals surface area contributed by atoms with Crippen LogP contribution in [0.25, 0.3) is 11.3 Å². The number of nitrogens with one attached hydrogen (secondary N) is 3. The minimum Gasteiger partial charge on any atom is -0.451 e. The second kappa shape index (κ2) is 11.0. The summed E-state index contributed by atoms with van der Waals surface area (Å²) in [6, 6.07) is 20.8. The van der Waals surface area contributed by atoms with Crippen molar-refractivity contribution in [1.29, 1.82) is 0 Å². The molecule has 4 rings (SSSR count). The van der Waals surface area contributed by atoms with E-state index in [1.54, 1.807) is 48.5 Å². The van der Waals surface area contributed by atoms with Crippen LogP contribution in [0.2, 0.25) is 10.0 Å². The van der Waals surface area contributed by atoms with Crippen molar-refractivity contribution < 1.29 is 14.0 Å². The molecule has 182 valence electrons. The Balaban J connectivity index is 1.38. The third-order valence-electron chi connectivity index (χ3n) is 5.40. The van der Waals surface area contributed by atoms with Crippen molar-refractivity contribution in [1.82, 2.24) is 5.32 Å². The maximum Gasteiger partial charge on any atom is 0.293 e. The molecule has 0 saturated heterocycles. The number of benzene rings is 3. The van der Waals surface area contributed by atoms with Gasteiger partial charge in [0.25, 0.3) is 11.8 Å². The summed E-state index contributed by atoms with van der Waals surface area (Å²) in [5.74, 6) is -0.147. The molecule has 0 unspecified atom stereocenters. The molecule has 6 nitrogen and oxygen atoms in total. The molecule has 0 saturated carbocycles. The Morgan fingerprint density at radius 2 is 1.56 bits per heavy atom. The van der Waals surface area contributed by atoms with E-state index in [9.17, 15) is 9.59 Å². The number of rotatable bonds is 5. The number of hydrogen-bond acceptors (Lipinski definition) is 4. The molecule has 2 amide bonds. The number of carbonyl (C=O) groups excluding carboxylic acids is 2. The number of carbonyl (C=O) groups is 2. The van der Waals surface area contributed by atoms with Gasteiger partial charge < -0.3 is 15.1 Å². The molecule has 1 aromatic heterocycles. The van der Waals surface area contributed by atoms with Crippen LogP contribution in [0.3, 0.4) is 0 Å². The van der Waals surface area contributed by atoms with Gasteiger partial charge in [0.05, 0.1) is 10.6 Å². The summed E-state index contributed by atoms with van der Waals surface area (Å²) < 4.78 is 5.73. The van der Waals surface area contributed by atoms with Crippen molar-refractivity contribution >= 4 is 63.7 Å². The van der Waals surface area contributed by atoms with Crippen LogP contribution in [0.1, 0.15) is 32.0 Å². The number of thiocarbonyl (C=S) groups is 1. The van der Waals surface area contributed by atoms with Crippen LogP contribution >= 0.6 is 35.4 Å². The van der Waals surface area contributed by atoms with E-state index in [4.69, 9.17) is 39.8 Å². The highest BCUT2D eigenvalue weighted by Gasteiger charge is 2.15. The lowest BCUT2D eigenvalue weighted by atomic mass is 10.1. The predicted octanol–water partition coefficient (Wildman–Crippen LogP) is 7.25. The van der Waals surface area contributed by atoms with Gasteiger partial charge >= 0.3 is 0 Å². The van der Waals surface area contributed by atoms with Gasteiger partial charge in [-0.15, -0.1) is 0 Å². The second-order valence-electron chi connectivity index (χ2n) is 8.03. The average Bonchev–Trinajstić information content (AvgIpc) is 3.31. The van der Waals surface area contributed by atoms with Gasteiger partial charge in [-0.05, 0) is 91.8 Å². The molecule has 0 fully saturated rings. The fraction of sp³-hybridized carbons (Fsp3) is 0.0741. The van der Waals surface area contributed by atoms with E-state index in [1.807, 2.05) is 32.0 Å². The Hall–Kier alpha value is -3.65. The average molecular weight is 538 g/mol. The van der Waals surface area contributed by atoms with Crippen LogP contribution in [-0.4, -0.2) is 16.9 Å². The van der Waals surface area contributed by atoms with Gasteiger partial charge in [0.15, 0.2) is 10.9 Å². The van der Waals surface area contributed by atoms with Crippen LogP contribution in [0, 0.1) is 13.8 Å². The van der Waals surface area contributed by atoms with Crippen molar-refractivity contribution in [2.24, 2.45) is 0 Å². The zero-order valence-corrected chi connectivity index (χ0v) is 21.6. The molecule has 0 atom stereocenters. The fourth-order valence-corrected chi connectivity index (χ4v) is 4.09. The van der Waals surface area contributed by atoms with Crippen molar-refractivity contribution in [3.63, 3.8) is 0 Å². The predicted molar refractivity (Wildman–Crippen MR) is 148 cm³/mol. The smallest absolute Gasteiger partial charge is 0.293 e. The summed E-state index contributed by atoms with van der Waals surface area (Å²) in [4.78, 5) is 25.2. The molecule has 1 heterocycles. The molecule has 0 radical (unpaired) electrons. The zero-order chi connectivity index (χ0) is 25.8. The summed E-state index contributed by atoms with van der Waals surface area (Å²) in [5, 5.41) is 9.06. The molecule has 0 aliphatic heterocycles. The molecule has 3 N–H and O–H groups in total.